The Bertz CT molecular complexity index is 354. The van der Waals surface area contributed by atoms with Gasteiger partial charge in [-0.1, -0.05) is 42.3 Å². The number of benzene rings is 1. The molecule has 0 aliphatic heterocycles. The average molecular weight is 314 g/mol. The fourth-order valence-electron chi connectivity index (χ4n) is 1.75. The van der Waals surface area contributed by atoms with Crippen LogP contribution in [-0.2, 0) is 0 Å². The Hall–Kier alpha value is -0.540. The van der Waals surface area contributed by atoms with E-state index in [1.54, 1.807) is 0 Å². The summed E-state index contributed by atoms with van der Waals surface area (Å²) in [7, 11) is 0. The van der Waals surface area contributed by atoms with Crippen molar-refractivity contribution in [3.8, 4) is 5.75 Å². The standard InChI is InChI=1S/C15H24BrNO/c1-4-6-10-18-13-7-8-14(15(16)11-13)12(3)17-9-5-2/h7-8,11-12,17H,4-6,9-10H2,1-3H3. The number of halogens is 1. The highest BCUT2D eigenvalue weighted by atomic mass is 79.9. The van der Waals surface area contributed by atoms with E-state index in [9.17, 15) is 0 Å². The minimum absolute atomic E-state index is 0.365. The highest BCUT2D eigenvalue weighted by Gasteiger charge is 2.09. The first-order valence-electron chi connectivity index (χ1n) is 6.84. The summed E-state index contributed by atoms with van der Waals surface area (Å²) in [6.07, 6.45) is 3.42. The van der Waals surface area contributed by atoms with E-state index >= 15 is 0 Å². The first-order chi connectivity index (χ1) is 8.69. The van der Waals surface area contributed by atoms with Crippen LogP contribution in [0.25, 0.3) is 0 Å². The van der Waals surface area contributed by atoms with Gasteiger partial charge in [0.1, 0.15) is 5.75 Å². The van der Waals surface area contributed by atoms with Crippen molar-refractivity contribution >= 4 is 15.9 Å². The molecule has 2 nitrogen and oxygen atoms in total. The lowest BCUT2D eigenvalue weighted by molar-refractivity contribution is 0.309. The third kappa shape index (κ3) is 4.99. The number of ether oxygens (including phenoxy) is 1. The zero-order chi connectivity index (χ0) is 13.4. The molecular formula is C15H24BrNO. The summed E-state index contributed by atoms with van der Waals surface area (Å²) < 4.78 is 6.81. The average Bonchev–Trinajstić information content (AvgIpc) is 2.36. The SMILES string of the molecule is CCCCOc1ccc(C(C)NCCC)c(Br)c1. The van der Waals surface area contributed by atoms with E-state index in [1.165, 1.54) is 5.56 Å². The predicted molar refractivity (Wildman–Crippen MR) is 81.3 cm³/mol. The summed E-state index contributed by atoms with van der Waals surface area (Å²) in [5.41, 5.74) is 1.28. The van der Waals surface area contributed by atoms with Crippen LogP contribution in [0.3, 0.4) is 0 Å². The molecule has 1 unspecified atom stereocenters. The van der Waals surface area contributed by atoms with E-state index in [2.05, 4.69) is 60.2 Å². The van der Waals surface area contributed by atoms with Crippen LogP contribution in [0.5, 0.6) is 5.75 Å². The van der Waals surface area contributed by atoms with Crippen LogP contribution in [0.15, 0.2) is 22.7 Å². The number of unbranched alkanes of at least 4 members (excludes halogenated alkanes) is 1. The third-order valence-electron chi connectivity index (χ3n) is 2.91. The van der Waals surface area contributed by atoms with Crippen molar-refractivity contribution < 1.29 is 4.74 Å². The Balaban J connectivity index is 2.61. The first kappa shape index (κ1) is 15.5. The molecule has 0 heterocycles. The van der Waals surface area contributed by atoms with Crippen molar-refractivity contribution in [1.82, 2.24) is 5.32 Å². The Morgan fingerprint density at radius 3 is 2.67 bits per heavy atom. The Kier molecular flexibility index (Phi) is 7.36. The van der Waals surface area contributed by atoms with Crippen molar-refractivity contribution in [3.63, 3.8) is 0 Å². The smallest absolute Gasteiger partial charge is 0.120 e. The van der Waals surface area contributed by atoms with Crippen LogP contribution in [0.2, 0.25) is 0 Å². The molecule has 1 aromatic rings. The van der Waals surface area contributed by atoms with Crippen molar-refractivity contribution in [2.75, 3.05) is 13.2 Å². The molecule has 0 aromatic heterocycles. The second-order valence-corrected chi connectivity index (χ2v) is 5.42. The van der Waals surface area contributed by atoms with E-state index in [4.69, 9.17) is 4.74 Å². The number of hydrogen-bond donors (Lipinski definition) is 1. The molecule has 0 amide bonds. The predicted octanol–water partition coefficient (Wildman–Crippen LogP) is 4.69. The lowest BCUT2D eigenvalue weighted by Gasteiger charge is -2.16. The third-order valence-corrected chi connectivity index (χ3v) is 3.59. The number of hydrogen-bond acceptors (Lipinski definition) is 2. The van der Waals surface area contributed by atoms with Crippen LogP contribution in [-0.4, -0.2) is 13.2 Å². The van der Waals surface area contributed by atoms with Gasteiger partial charge in [0.15, 0.2) is 0 Å². The van der Waals surface area contributed by atoms with Gasteiger partial charge in [-0.3, -0.25) is 0 Å². The molecule has 1 rings (SSSR count). The zero-order valence-electron chi connectivity index (χ0n) is 11.6. The molecule has 0 radical (unpaired) electrons. The molecule has 0 bridgehead atoms. The Labute approximate surface area is 119 Å². The largest absolute Gasteiger partial charge is 0.494 e. The molecular weight excluding hydrogens is 290 g/mol. The molecule has 0 saturated carbocycles. The van der Waals surface area contributed by atoms with Gasteiger partial charge in [-0.15, -0.1) is 0 Å². The summed E-state index contributed by atoms with van der Waals surface area (Å²) in [6, 6.07) is 6.62. The van der Waals surface area contributed by atoms with Crippen LogP contribution < -0.4 is 10.1 Å². The molecule has 102 valence electrons. The topological polar surface area (TPSA) is 21.3 Å². The van der Waals surface area contributed by atoms with Gasteiger partial charge in [0.05, 0.1) is 6.61 Å². The van der Waals surface area contributed by atoms with E-state index in [-0.39, 0.29) is 0 Å². The summed E-state index contributed by atoms with van der Waals surface area (Å²) in [4.78, 5) is 0. The number of nitrogens with one attached hydrogen (secondary N) is 1. The molecule has 0 saturated heterocycles. The molecule has 0 aliphatic carbocycles. The van der Waals surface area contributed by atoms with Crippen molar-refractivity contribution in [2.45, 2.75) is 46.1 Å². The monoisotopic (exact) mass is 313 g/mol. The van der Waals surface area contributed by atoms with Gasteiger partial charge in [-0.2, -0.15) is 0 Å². The van der Waals surface area contributed by atoms with E-state index in [1.807, 2.05) is 0 Å². The van der Waals surface area contributed by atoms with Crippen LogP contribution in [0.4, 0.5) is 0 Å². The van der Waals surface area contributed by atoms with Crippen LogP contribution in [0, 0.1) is 0 Å². The van der Waals surface area contributed by atoms with Gasteiger partial charge in [0.2, 0.25) is 0 Å². The van der Waals surface area contributed by atoms with Gasteiger partial charge >= 0.3 is 0 Å². The lowest BCUT2D eigenvalue weighted by atomic mass is 10.1. The van der Waals surface area contributed by atoms with Gasteiger partial charge in [-0.25, -0.2) is 0 Å². The van der Waals surface area contributed by atoms with E-state index in [0.717, 1.165) is 42.6 Å². The lowest BCUT2D eigenvalue weighted by Crippen LogP contribution is -2.19. The minimum Gasteiger partial charge on any atom is -0.494 e. The van der Waals surface area contributed by atoms with Crippen molar-refractivity contribution in [3.05, 3.63) is 28.2 Å². The molecule has 0 fully saturated rings. The van der Waals surface area contributed by atoms with E-state index in [0.29, 0.717) is 6.04 Å². The van der Waals surface area contributed by atoms with Crippen molar-refractivity contribution in [1.29, 1.82) is 0 Å². The molecule has 3 heteroatoms. The second-order valence-electron chi connectivity index (χ2n) is 4.56. The number of rotatable bonds is 8. The molecule has 0 spiro atoms. The maximum Gasteiger partial charge on any atom is 0.120 e. The maximum atomic E-state index is 5.69. The molecule has 1 N–H and O–H groups in total. The first-order valence-corrected chi connectivity index (χ1v) is 7.64. The summed E-state index contributed by atoms with van der Waals surface area (Å²) in [5, 5.41) is 3.49. The van der Waals surface area contributed by atoms with Gasteiger partial charge in [-0.05, 0) is 44.0 Å². The van der Waals surface area contributed by atoms with Crippen LogP contribution >= 0.6 is 15.9 Å². The second kappa shape index (κ2) is 8.54. The van der Waals surface area contributed by atoms with Gasteiger partial charge in [0, 0.05) is 10.5 Å². The van der Waals surface area contributed by atoms with Gasteiger partial charge in [0.25, 0.3) is 0 Å². The van der Waals surface area contributed by atoms with E-state index < -0.39 is 0 Å². The molecule has 18 heavy (non-hydrogen) atoms. The summed E-state index contributed by atoms with van der Waals surface area (Å²) in [6.45, 7) is 8.38. The highest BCUT2D eigenvalue weighted by Crippen LogP contribution is 2.27. The Morgan fingerprint density at radius 2 is 2.06 bits per heavy atom. The Morgan fingerprint density at radius 1 is 1.28 bits per heavy atom. The summed E-state index contributed by atoms with van der Waals surface area (Å²) in [5.74, 6) is 0.946. The minimum atomic E-state index is 0.365. The maximum absolute atomic E-state index is 5.69. The molecule has 1 aromatic carbocycles. The zero-order valence-corrected chi connectivity index (χ0v) is 13.2. The van der Waals surface area contributed by atoms with Crippen LogP contribution in [0.1, 0.15) is 51.6 Å². The fraction of sp³-hybridized carbons (Fsp3) is 0.600. The highest BCUT2D eigenvalue weighted by molar-refractivity contribution is 9.10. The summed E-state index contributed by atoms with van der Waals surface area (Å²) >= 11 is 3.63. The molecule has 1 atom stereocenters. The normalized spacial score (nSPS) is 12.4. The van der Waals surface area contributed by atoms with Gasteiger partial charge < -0.3 is 10.1 Å². The molecule has 0 aliphatic rings. The van der Waals surface area contributed by atoms with Crippen molar-refractivity contribution in [2.24, 2.45) is 0 Å². The fourth-order valence-corrected chi connectivity index (χ4v) is 2.46. The quantitative estimate of drug-likeness (QED) is 0.703.